The Bertz CT molecular complexity index is 487. The first-order valence-electron chi connectivity index (χ1n) is 9.71. The van der Waals surface area contributed by atoms with Gasteiger partial charge in [-0.15, -0.1) is 5.16 Å². The summed E-state index contributed by atoms with van der Waals surface area (Å²) in [5.41, 5.74) is -0.784. The Morgan fingerprint density at radius 1 is 1.29 bits per heavy atom. The molecule has 4 nitrogen and oxygen atoms in total. The van der Waals surface area contributed by atoms with E-state index in [1.165, 1.54) is 38.3 Å². The van der Waals surface area contributed by atoms with Crippen LogP contribution in [0.2, 0.25) is 0 Å². The van der Waals surface area contributed by atoms with Gasteiger partial charge in [-0.1, -0.05) is 13.8 Å². The molecule has 4 fully saturated rings. The number of esters is 1. The van der Waals surface area contributed by atoms with Crippen LogP contribution in [0.25, 0.3) is 0 Å². The lowest BCUT2D eigenvalue weighted by Gasteiger charge is -2.59. The van der Waals surface area contributed by atoms with Gasteiger partial charge in [0, 0.05) is 6.21 Å². The van der Waals surface area contributed by atoms with Crippen molar-refractivity contribution in [2.24, 2.45) is 40.2 Å². The molecule has 0 radical (unpaired) electrons. The third kappa shape index (κ3) is 2.97. The molecule has 0 amide bonds. The summed E-state index contributed by atoms with van der Waals surface area (Å²) >= 11 is 0. The highest BCUT2D eigenvalue weighted by atomic mass is 16.6. The topological polar surface area (TPSA) is 58.9 Å². The summed E-state index contributed by atoms with van der Waals surface area (Å²) in [5, 5.41) is 11.9. The van der Waals surface area contributed by atoms with Crippen LogP contribution >= 0.6 is 0 Å². The third-order valence-corrected chi connectivity index (χ3v) is 7.44. The monoisotopic (exact) mass is 335 g/mol. The van der Waals surface area contributed by atoms with Gasteiger partial charge in [0.05, 0.1) is 5.41 Å². The van der Waals surface area contributed by atoms with E-state index in [4.69, 9.17) is 9.94 Å². The fraction of sp³-hybridized carbons (Fsp3) is 0.900. The minimum Gasteiger partial charge on any atom is -0.458 e. The zero-order valence-corrected chi connectivity index (χ0v) is 15.6. The molecule has 4 saturated carbocycles. The molecule has 0 aliphatic heterocycles. The highest BCUT2D eigenvalue weighted by Crippen LogP contribution is 2.59. The van der Waals surface area contributed by atoms with Crippen LogP contribution < -0.4 is 0 Å². The number of hydrogen-bond acceptors (Lipinski definition) is 4. The van der Waals surface area contributed by atoms with Gasteiger partial charge in [0.15, 0.2) is 0 Å². The Balaban J connectivity index is 1.73. The van der Waals surface area contributed by atoms with Gasteiger partial charge in [-0.2, -0.15) is 0 Å². The van der Waals surface area contributed by atoms with Gasteiger partial charge in [0.2, 0.25) is 0 Å². The van der Waals surface area contributed by atoms with Gasteiger partial charge < -0.3 is 9.94 Å². The normalized spacial score (nSPS) is 41.3. The van der Waals surface area contributed by atoms with Crippen LogP contribution in [0.1, 0.15) is 72.6 Å². The molecular weight excluding hydrogens is 302 g/mol. The zero-order valence-electron chi connectivity index (χ0n) is 15.6. The third-order valence-electron chi connectivity index (χ3n) is 7.44. The second-order valence-corrected chi connectivity index (χ2v) is 9.24. The smallest absolute Gasteiger partial charge is 0.312 e. The quantitative estimate of drug-likeness (QED) is 0.333. The number of ether oxygens (including phenoxy) is 1. The van der Waals surface area contributed by atoms with Gasteiger partial charge in [0.1, 0.15) is 5.60 Å². The van der Waals surface area contributed by atoms with Crippen molar-refractivity contribution in [1.29, 1.82) is 0 Å². The van der Waals surface area contributed by atoms with Crippen molar-refractivity contribution in [3.8, 4) is 0 Å². The maximum absolute atomic E-state index is 13.1. The maximum atomic E-state index is 13.1. The van der Waals surface area contributed by atoms with Crippen LogP contribution in [0.3, 0.4) is 0 Å². The number of rotatable bonds is 6. The summed E-state index contributed by atoms with van der Waals surface area (Å²) < 4.78 is 6.30. The largest absolute Gasteiger partial charge is 0.458 e. The molecule has 136 valence electrons. The van der Waals surface area contributed by atoms with Crippen molar-refractivity contribution in [2.75, 3.05) is 0 Å². The molecule has 4 aliphatic carbocycles. The molecule has 0 aromatic carbocycles. The van der Waals surface area contributed by atoms with Crippen LogP contribution in [0, 0.1) is 35.0 Å². The highest BCUT2D eigenvalue weighted by Gasteiger charge is 2.57. The first kappa shape index (κ1) is 17.8. The molecule has 4 rings (SSSR count). The first-order chi connectivity index (χ1) is 11.3. The summed E-state index contributed by atoms with van der Waals surface area (Å²) in [6, 6.07) is 0. The maximum Gasteiger partial charge on any atom is 0.312 e. The second-order valence-electron chi connectivity index (χ2n) is 9.24. The Hall–Kier alpha value is -1.06. The van der Waals surface area contributed by atoms with E-state index in [1.807, 2.05) is 20.8 Å². The van der Waals surface area contributed by atoms with Crippen molar-refractivity contribution >= 4 is 12.2 Å². The molecule has 0 spiro atoms. The second kappa shape index (κ2) is 6.34. The van der Waals surface area contributed by atoms with Crippen LogP contribution in [-0.4, -0.2) is 23.0 Å². The first-order valence-corrected chi connectivity index (χ1v) is 9.71. The number of carbonyl (C=O) groups is 1. The summed E-state index contributed by atoms with van der Waals surface area (Å²) in [6.45, 7) is 8.22. The molecule has 0 aromatic rings. The van der Waals surface area contributed by atoms with Gasteiger partial charge in [-0.3, -0.25) is 4.79 Å². The SMILES string of the molecule is CCC(C)(CC(C)C=NO)C(=O)OC1(C)C2CC3CC(C2)CC1C3. The summed E-state index contributed by atoms with van der Waals surface area (Å²) in [5.74, 6) is 2.85. The van der Waals surface area contributed by atoms with E-state index < -0.39 is 5.41 Å². The van der Waals surface area contributed by atoms with E-state index >= 15 is 0 Å². The molecule has 4 bridgehead atoms. The molecular formula is C20H33NO3. The highest BCUT2D eigenvalue weighted by molar-refractivity contribution is 5.77. The molecule has 2 unspecified atom stereocenters. The zero-order chi connectivity index (χ0) is 17.5. The van der Waals surface area contributed by atoms with E-state index in [0.29, 0.717) is 18.3 Å². The Labute approximate surface area is 146 Å². The molecule has 1 N–H and O–H groups in total. The van der Waals surface area contributed by atoms with Gasteiger partial charge in [-0.05, 0) is 88.4 Å². The van der Waals surface area contributed by atoms with E-state index in [0.717, 1.165) is 18.3 Å². The fourth-order valence-electron chi connectivity index (χ4n) is 5.86. The van der Waals surface area contributed by atoms with Crippen molar-refractivity contribution in [3.63, 3.8) is 0 Å². The predicted octanol–water partition coefficient (Wildman–Crippen LogP) is 4.65. The number of hydrogen-bond donors (Lipinski definition) is 1. The molecule has 0 heterocycles. The van der Waals surface area contributed by atoms with Crippen LogP contribution in [0.15, 0.2) is 5.16 Å². The van der Waals surface area contributed by atoms with Crippen LogP contribution in [-0.2, 0) is 9.53 Å². The molecule has 2 atom stereocenters. The van der Waals surface area contributed by atoms with Gasteiger partial charge >= 0.3 is 5.97 Å². The van der Waals surface area contributed by atoms with E-state index in [2.05, 4.69) is 12.1 Å². The van der Waals surface area contributed by atoms with Crippen LogP contribution in [0.5, 0.6) is 0 Å². The summed E-state index contributed by atoms with van der Waals surface area (Å²) in [4.78, 5) is 13.1. The lowest BCUT2D eigenvalue weighted by molar-refractivity contribution is -0.212. The lowest BCUT2D eigenvalue weighted by atomic mass is 9.50. The van der Waals surface area contributed by atoms with Crippen molar-refractivity contribution in [2.45, 2.75) is 78.2 Å². The fourth-order valence-corrected chi connectivity index (χ4v) is 5.86. The minimum atomic E-state index is -0.516. The number of carbonyl (C=O) groups excluding carboxylic acids is 1. The summed E-state index contributed by atoms with van der Waals surface area (Å²) in [7, 11) is 0. The lowest BCUT2D eigenvalue weighted by Crippen LogP contribution is -2.59. The predicted molar refractivity (Wildman–Crippen MR) is 94.0 cm³/mol. The standard InChI is InChI=1S/C20H33NO3/c1-5-19(3,11-13(2)12-21-23)18(22)24-20(4)16-7-14-6-15(9-16)10-17(20)8-14/h12-17,23H,5-11H2,1-4H3. The van der Waals surface area contributed by atoms with Crippen LogP contribution in [0.4, 0.5) is 0 Å². The average molecular weight is 335 g/mol. The van der Waals surface area contributed by atoms with Gasteiger partial charge in [0.25, 0.3) is 0 Å². The van der Waals surface area contributed by atoms with E-state index in [9.17, 15) is 4.79 Å². The van der Waals surface area contributed by atoms with E-state index in [1.54, 1.807) is 0 Å². The van der Waals surface area contributed by atoms with E-state index in [-0.39, 0.29) is 17.5 Å². The van der Waals surface area contributed by atoms with Crippen molar-refractivity contribution in [1.82, 2.24) is 0 Å². The molecule has 4 aliphatic rings. The Kier molecular flexibility index (Phi) is 4.69. The molecule has 0 saturated heterocycles. The van der Waals surface area contributed by atoms with Gasteiger partial charge in [-0.25, -0.2) is 0 Å². The Morgan fingerprint density at radius 2 is 1.83 bits per heavy atom. The number of nitrogens with zero attached hydrogens (tertiary/aromatic N) is 1. The van der Waals surface area contributed by atoms with Crippen molar-refractivity contribution in [3.05, 3.63) is 0 Å². The number of oxime groups is 1. The minimum absolute atomic E-state index is 0.0545. The summed E-state index contributed by atoms with van der Waals surface area (Å²) in [6.07, 6.45) is 9.28. The average Bonchev–Trinajstić information content (AvgIpc) is 2.52. The molecule has 0 aromatic heterocycles. The van der Waals surface area contributed by atoms with Crippen molar-refractivity contribution < 1.29 is 14.7 Å². The molecule has 4 heteroatoms. The molecule has 24 heavy (non-hydrogen) atoms. The Morgan fingerprint density at radius 3 is 2.29 bits per heavy atom.